The van der Waals surface area contributed by atoms with Crippen LogP contribution in [-0.4, -0.2) is 24.8 Å². The minimum atomic E-state index is 0.291. The zero-order valence-electron chi connectivity index (χ0n) is 10.9. The van der Waals surface area contributed by atoms with Crippen molar-refractivity contribution in [3.05, 3.63) is 12.7 Å². The highest BCUT2D eigenvalue weighted by Crippen LogP contribution is 2.22. The van der Waals surface area contributed by atoms with Gasteiger partial charge in [0.2, 0.25) is 0 Å². The fourth-order valence-electron chi connectivity index (χ4n) is 2.42. The van der Waals surface area contributed by atoms with Crippen molar-refractivity contribution in [3.63, 3.8) is 0 Å². The minimum absolute atomic E-state index is 0.291. The maximum atomic E-state index is 5.43. The van der Waals surface area contributed by atoms with Crippen LogP contribution in [0.15, 0.2) is 12.7 Å². The Labute approximate surface area is 100 Å². The Morgan fingerprint density at radius 3 is 2.62 bits per heavy atom. The Bertz CT molecular complexity index is 197. The first kappa shape index (κ1) is 13.7. The fourth-order valence-corrected chi connectivity index (χ4v) is 2.42. The van der Waals surface area contributed by atoms with Crippen molar-refractivity contribution in [2.24, 2.45) is 0 Å². The van der Waals surface area contributed by atoms with Crippen LogP contribution < -0.4 is 5.32 Å². The van der Waals surface area contributed by atoms with Crippen LogP contribution in [0.3, 0.4) is 0 Å². The first-order valence-electron chi connectivity index (χ1n) is 6.66. The van der Waals surface area contributed by atoms with Crippen molar-refractivity contribution >= 4 is 0 Å². The van der Waals surface area contributed by atoms with E-state index in [1.54, 1.807) is 0 Å². The Hall–Kier alpha value is -0.340. The molecule has 1 N–H and O–H groups in total. The highest BCUT2D eigenvalue weighted by atomic mass is 16.5. The lowest BCUT2D eigenvalue weighted by molar-refractivity contribution is 0.0395. The topological polar surface area (TPSA) is 21.3 Å². The van der Waals surface area contributed by atoms with Gasteiger partial charge in [-0.15, -0.1) is 6.58 Å². The Balaban J connectivity index is 2.41. The maximum absolute atomic E-state index is 5.43. The van der Waals surface area contributed by atoms with Crippen LogP contribution in [-0.2, 0) is 4.74 Å². The summed E-state index contributed by atoms with van der Waals surface area (Å²) in [5.74, 6) is 0. The molecule has 2 nitrogen and oxygen atoms in total. The van der Waals surface area contributed by atoms with E-state index in [-0.39, 0.29) is 0 Å². The molecular formula is C14H27NO. The van der Waals surface area contributed by atoms with E-state index in [1.807, 2.05) is 6.08 Å². The predicted molar refractivity (Wildman–Crippen MR) is 69.7 cm³/mol. The van der Waals surface area contributed by atoms with Gasteiger partial charge in [0.15, 0.2) is 0 Å². The number of ether oxygens (including phenoxy) is 1. The molecule has 0 aromatic rings. The van der Waals surface area contributed by atoms with Gasteiger partial charge in [0.1, 0.15) is 0 Å². The molecule has 0 amide bonds. The average Bonchev–Trinajstić information content (AvgIpc) is 2.27. The van der Waals surface area contributed by atoms with E-state index in [0.717, 1.165) is 32.5 Å². The van der Waals surface area contributed by atoms with Crippen LogP contribution in [0.1, 0.15) is 52.4 Å². The van der Waals surface area contributed by atoms with Gasteiger partial charge in [-0.2, -0.15) is 0 Å². The quantitative estimate of drug-likeness (QED) is 0.671. The highest BCUT2D eigenvalue weighted by Gasteiger charge is 2.28. The van der Waals surface area contributed by atoms with Crippen LogP contribution >= 0.6 is 0 Å². The first-order chi connectivity index (χ1) is 7.70. The van der Waals surface area contributed by atoms with Crippen molar-refractivity contribution in [2.75, 3.05) is 13.2 Å². The van der Waals surface area contributed by atoms with Crippen molar-refractivity contribution in [1.82, 2.24) is 5.32 Å². The lowest BCUT2D eigenvalue weighted by atomic mass is 9.90. The van der Waals surface area contributed by atoms with E-state index in [0.29, 0.717) is 11.6 Å². The van der Waals surface area contributed by atoms with Crippen LogP contribution in [0.4, 0.5) is 0 Å². The molecule has 0 aromatic carbocycles. The molecule has 2 heteroatoms. The predicted octanol–water partition coefficient (Wildman–Crippen LogP) is 3.28. The normalized spacial score (nSPS) is 21.6. The Morgan fingerprint density at radius 1 is 1.38 bits per heavy atom. The number of nitrogens with one attached hydrogen (secondary N) is 1. The number of hydrogen-bond donors (Lipinski definition) is 1. The smallest absolute Gasteiger partial charge is 0.0483 e. The zero-order chi connectivity index (χ0) is 11.9. The summed E-state index contributed by atoms with van der Waals surface area (Å²) >= 11 is 0. The molecule has 0 bridgehead atoms. The number of allylic oxidation sites excluding steroid dienone is 1. The molecule has 1 unspecified atom stereocenters. The molecule has 16 heavy (non-hydrogen) atoms. The van der Waals surface area contributed by atoms with Gasteiger partial charge in [-0.1, -0.05) is 19.4 Å². The summed E-state index contributed by atoms with van der Waals surface area (Å²) in [6.07, 6.45) is 9.16. The van der Waals surface area contributed by atoms with E-state index < -0.39 is 0 Å². The molecule has 0 saturated carbocycles. The van der Waals surface area contributed by atoms with Crippen molar-refractivity contribution in [2.45, 2.75) is 64.0 Å². The zero-order valence-corrected chi connectivity index (χ0v) is 10.9. The van der Waals surface area contributed by atoms with Gasteiger partial charge in [-0.25, -0.2) is 0 Å². The molecule has 1 atom stereocenters. The van der Waals surface area contributed by atoms with Gasteiger partial charge in [0, 0.05) is 24.8 Å². The molecule has 1 rings (SSSR count). The van der Waals surface area contributed by atoms with Crippen LogP contribution in [0.2, 0.25) is 0 Å². The average molecular weight is 225 g/mol. The summed E-state index contributed by atoms with van der Waals surface area (Å²) in [6.45, 7) is 10.2. The van der Waals surface area contributed by atoms with E-state index in [1.165, 1.54) is 19.3 Å². The van der Waals surface area contributed by atoms with Crippen molar-refractivity contribution < 1.29 is 4.74 Å². The third-order valence-corrected chi connectivity index (χ3v) is 3.51. The van der Waals surface area contributed by atoms with E-state index in [9.17, 15) is 0 Å². The second-order valence-corrected chi connectivity index (χ2v) is 5.17. The third-order valence-electron chi connectivity index (χ3n) is 3.51. The molecule has 0 aromatic heterocycles. The second kappa shape index (κ2) is 7.08. The third kappa shape index (κ3) is 4.67. The van der Waals surface area contributed by atoms with E-state index in [4.69, 9.17) is 4.74 Å². The maximum Gasteiger partial charge on any atom is 0.0483 e. The van der Waals surface area contributed by atoms with Gasteiger partial charge in [0.05, 0.1) is 0 Å². The van der Waals surface area contributed by atoms with Gasteiger partial charge in [-0.05, 0) is 39.0 Å². The van der Waals surface area contributed by atoms with Gasteiger partial charge >= 0.3 is 0 Å². The molecule has 0 spiro atoms. The molecule has 0 aliphatic carbocycles. The summed E-state index contributed by atoms with van der Waals surface area (Å²) in [7, 11) is 0. The molecule has 94 valence electrons. The number of hydrogen-bond acceptors (Lipinski definition) is 2. The number of rotatable bonds is 7. The van der Waals surface area contributed by atoms with Crippen molar-refractivity contribution in [1.29, 1.82) is 0 Å². The van der Waals surface area contributed by atoms with Crippen LogP contribution in [0.5, 0.6) is 0 Å². The summed E-state index contributed by atoms with van der Waals surface area (Å²) in [6, 6.07) is 0.645. The van der Waals surface area contributed by atoms with Crippen LogP contribution in [0.25, 0.3) is 0 Å². The van der Waals surface area contributed by atoms with Gasteiger partial charge in [-0.3, -0.25) is 0 Å². The Kier molecular flexibility index (Phi) is 6.07. The lowest BCUT2D eigenvalue weighted by Gasteiger charge is -2.38. The van der Waals surface area contributed by atoms with Crippen LogP contribution in [0, 0.1) is 0 Å². The molecule has 1 aliphatic rings. The molecule has 1 aliphatic heterocycles. The van der Waals surface area contributed by atoms with Crippen molar-refractivity contribution in [3.8, 4) is 0 Å². The highest BCUT2D eigenvalue weighted by molar-refractivity contribution is 4.89. The summed E-state index contributed by atoms with van der Waals surface area (Å²) in [4.78, 5) is 0. The van der Waals surface area contributed by atoms with E-state index in [2.05, 4.69) is 25.7 Å². The summed E-state index contributed by atoms with van der Waals surface area (Å²) < 4.78 is 5.43. The molecule has 1 fully saturated rings. The summed E-state index contributed by atoms with van der Waals surface area (Å²) in [5, 5.41) is 3.84. The second-order valence-electron chi connectivity index (χ2n) is 5.17. The standard InChI is InChI=1S/C14H27NO/c1-4-6-8-13(7-5-2)15-14(3)9-11-16-12-10-14/h4,13,15H,1,5-12H2,2-3H3. The van der Waals surface area contributed by atoms with Gasteiger partial charge in [0.25, 0.3) is 0 Å². The first-order valence-corrected chi connectivity index (χ1v) is 6.66. The largest absolute Gasteiger partial charge is 0.381 e. The summed E-state index contributed by atoms with van der Waals surface area (Å²) in [5.41, 5.74) is 0.291. The van der Waals surface area contributed by atoms with Gasteiger partial charge < -0.3 is 10.1 Å². The molecule has 0 radical (unpaired) electrons. The monoisotopic (exact) mass is 225 g/mol. The lowest BCUT2D eigenvalue weighted by Crippen LogP contribution is -2.51. The molecule has 1 heterocycles. The minimum Gasteiger partial charge on any atom is -0.381 e. The molecular weight excluding hydrogens is 198 g/mol. The Morgan fingerprint density at radius 2 is 2.06 bits per heavy atom. The SMILES string of the molecule is C=CCCC(CCC)NC1(C)CCOCC1. The van der Waals surface area contributed by atoms with E-state index >= 15 is 0 Å². The molecule has 1 saturated heterocycles. The fraction of sp³-hybridized carbons (Fsp3) is 0.857.